The van der Waals surface area contributed by atoms with E-state index >= 15 is 0 Å². The molecule has 2 rings (SSSR count). The summed E-state index contributed by atoms with van der Waals surface area (Å²) in [5.41, 5.74) is 6.08. The lowest BCUT2D eigenvalue weighted by Gasteiger charge is -2.36. The standard InChI is InChI=1S/C15H26N2O3/c1-2-20-15(19)11-7-9-17(10-8-11)14(18)12-5-3-4-6-13(12)16/h11-13H,2-10,16H2,1H3. The number of carbonyl (C=O) groups is 2. The molecular formula is C15H26N2O3. The molecule has 5 heteroatoms. The number of piperidine rings is 1. The van der Waals surface area contributed by atoms with E-state index < -0.39 is 0 Å². The van der Waals surface area contributed by atoms with Gasteiger partial charge in [0.15, 0.2) is 0 Å². The highest BCUT2D eigenvalue weighted by molar-refractivity contribution is 5.80. The van der Waals surface area contributed by atoms with Gasteiger partial charge in [-0.05, 0) is 32.6 Å². The van der Waals surface area contributed by atoms with Gasteiger partial charge in [0.2, 0.25) is 5.91 Å². The molecular weight excluding hydrogens is 256 g/mol. The van der Waals surface area contributed by atoms with Crippen LogP contribution in [0.5, 0.6) is 0 Å². The van der Waals surface area contributed by atoms with E-state index in [-0.39, 0.29) is 29.8 Å². The van der Waals surface area contributed by atoms with Crippen molar-refractivity contribution in [1.82, 2.24) is 4.90 Å². The van der Waals surface area contributed by atoms with Crippen LogP contribution in [0.4, 0.5) is 0 Å². The van der Waals surface area contributed by atoms with Crippen molar-refractivity contribution in [2.24, 2.45) is 17.6 Å². The Bertz CT molecular complexity index is 351. The van der Waals surface area contributed by atoms with Gasteiger partial charge < -0.3 is 15.4 Å². The van der Waals surface area contributed by atoms with Crippen LogP contribution in [0, 0.1) is 11.8 Å². The Kier molecular flexibility index (Phi) is 5.40. The molecule has 2 N–H and O–H groups in total. The van der Waals surface area contributed by atoms with Gasteiger partial charge in [-0.25, -0.2) is 0 Å². The summed E-state index contributed by atoms with van der Waals surface area (Å²) >= 11 is 0. The van der Waals surface area contributed by atoms with Crippen LogP contribution >= 0.6 is 0 Å². The van der Waals surface area contributed by atoms with Gasteiger partial charge in [0.05, 0.1) is 18.4 Å². The second kappa shape index (κ2) is 7.07. The van der Waals surface area contributed by atoms with Crippen molar-refractivity contribution in [1.29, 1.82) is 0 Å². The highest BCUT2D eigenvalue weighted by Crippen LogP contribution is 2.27. The SMILES string of the molecule is CCOC(=O)C1CCN(C(=O)C2CCCCC2N)CC1. The third-order valence-electron chi connectivity index (χ3n) is 4.56. The Hall–Kier alpha value is -1.10. The van der Waals surface area contributed by atoms with E-state index in [0.717, 1.165) is 25.7 Å². The molecule has 2 aliphatic rings. The highest BCUT2D eigenvalue weighted by Gasteiger charge is 2.34. The van der Waals surface area contributed by atoms with Crippen molar-refractivity contribution in [2.75, 3.05) is 19.7 Å². The van der Waals surface area contributed by atoms with Gasteiger partial charge >= 0.3 is 5.97 Å². The van der Waals surface area contributed by atoms with Crippen molar-refractivity contribution in [3.63, 3.8) is 0 Å². The summed E-state index contributed by atoms with van der Waals surface area (Å²) in [5.74, 6) is 0.0235. The lowest BCUT2D eigenvalue weighted by Crippen LogP contribution is -2.48. The van der Waals surface area contributed by atoms with Crippen molar-refractivity contribution >= 4 is 11.9 Å². The third-order valence-corrected chi connectivity index (χ3v) is 4.56. The summed E-state index contributed by atoms with van der Waals surface area (Å²) in [6, 6.07) is 0.0130. The number of rotatable bonds is 3. The second-order valence-corrected chi connectivity index (χ2v) is 5.91. The van der Waals surface area contributed by atoms with E-state index in [2.05, 4.69) is 0 Å². The molecule has 0 aromatic carbocycles. The predicted molar refractivity (Wildman–Crippen MR) is 75.9 cm³/mol. The number of carbonyl (C=O) groups excluding carboxylic acids is 2. The largest absolute Gasteiger partial charge is 0.466 e. The molecule has 114 valence electrons. The Labute approximate surface area is 120 Å². The van der Waals surface area contributed by atoms with Gasteiger partial charge in [-0.2, -0.15) is 0 Å². The summed E-state index contributed by atoms with van der Waals surface area (Å²) < 4.78 is 5.05. The molecule has 0 bridgehead atoms. The molecule has 0 aromatic rings. The van der Waals surface area contributed by atoms with Crippen LogP contribution in [0.1, 0.15) is 45.4 Å². The molecule has 2 unspecified atom stereocenters. The third kappa shape index (κ3) is 3.51. The first-order valence-electron chi connectivity index (χ1n) is 7.84. The molecule has 1 saturated heterocycles. The Morgan fingerprint density at radius 3 is 2.40 bits per heavy atom. The lowest BCUT2D eigenvalue weighted by atomic mass is 9.83. The van der Waals surface area contributed by atoms with Gasteiger partial charge in [0.1, 0.15) is 0 Å². The first-order chi connectivity index (χ1) is 9.63. The molecule has 1 saturated carbocycles. The van der Waals surface area contributed by atoms with Crippen molar-refractivity contribution in [2.45, 2.75) is 51.5 Å². The Balaban J connectivity index is 1.83. The lowest BCUT2D eigenvalue weighted by molar-refractivity contribution is -0.152. The smallest absolute Gasteiger partial charge is 0.309 e. The summed E-state index contributed by atoms with van der Waals surface area (Å²) in [7, 11) is 0. The summed E-state index contributed by atoms with van der Waals surface area (Å²) in [6.07, 6.45) is 5.53. The molecule has 5 nitrogen and oxygen atoms in total. The summed E-state index contributed by atoms with van der Waals surface area (Å²) in [5, 5.41) is 0. The summed E-state index contributed by atoms with van der Waals surface area (Å²) in [6.45, 7) is 3.56. The number of amides is 1. The van der Waals surface area contributed by atoms with Crippen molar-refractivity contribution in [3.05, 3.63) is 0 Å². The predicted octanol–water partition coefficient (Wildman–Crippen LogP) is 1.31. The monoisotopic (exact) mass is 282 g/mol. The number of ether oxygens (including phenoxy) is 1. The normalized spacial score (nSPS) is 28.2. The number of likely N-dealkylation sites (tertiary alicyclic amines) is 1. The van der Waals surface area contributed by atoms with Crippen LogP contribution in [0.15, 0.2) is 0 Å². The molecule has 1 heterocycles. The maximum Gasteiger partial charge on any atom is 0.309 e. The summed E-state index contributed by atoms with van der Waals surface area (Å²) in [4.78, 5) is 26.1. The average molecular weight is 282 g/mol. The molecule has 2 atom stereocenters. The van der Waals surface area contributed by atoms with Crippen LogP contribution < -0.4 is 5.73 Å². The van der Waals surface area contributed by atoms with Gasteiger partial charge in [-0.15, -0.1) is 0 Å². The quantitative estimate of drug-likeness (QED) is 0.792. The fourth-order valence-corrected chi connectivity index (χ4v) is 3.30. The Morgan fingerprint density at radius 1 is 1.15 bits per heavy atom. The number of esters is 1. The number of nitrogens with zero attached hydrogens (tertiary/aromatic N) is 1. The van der Waals surface area contributed by atoms with Gasteiger partial charge in [-0.1, -0.05) is 12.8 Å². The molecule has 1 amide bonds. The van der Waals surface area contributed by atoms with E-state index in [4.69, 9.17) is 10.5 Å². The van der Waals surface area contributed by atoms with Crippen molar-refractivity contribution in [3.8, 4) is 0 Å². The van der Waals surface area contributed by atoms with E-state index in [1.807, 2.05) is 11.8 Å². The van der Waals surface area contributed by atoms with E-state index in [9.17, 15) is 9.59 Å². The molecule has 1 aliphatic heterocycles. The zero-order valence-corrected chi connectivity index (χ0v) is 12.3. The van der Waals surface area contributed by atoms with Gasteiger partial charge in [0, 0.05) is 19.1 Å². The zero-order chi connectivity index (χ0) is 14.5. The van der Waals surface area contributed by atoms with Crippen LogP contribution in [-0.4, -0.2) is 42.5 Å². The van der Waals surface area contributed by atoms with E-state index in [1.54, 1.807) is 0 Å². The highest BCUT2D eigenvalue weighted by atomic mass is 16.5. The topological polar surface area (TPSA) is 72.6 Å². The fourth-order valence-electron chi connectivity index (χ4n) is 3.30. The van der Waals surface area contributed by atoms with E-state index in [1.165, 1.54) is 0 Å². The minimum absolute atomic E-state index is 0.0112. The van der Waals surface area contributed by atoms with Crippen molar-refractivity contribution < 1.29 is 14.3 Å². The van der Waals surface area contributed by atoms with Gasteiger partial charge in [-0.3, -0.25) is 9.59 Å². The van der Waals surface area contributed by atoms with Crippen LogP contribution in [0.25, 0.3) is 0 Å². The molecule has 0 aromatic heterocycles. The Morgan fingerprint density at radius 2 is 1.80 bits per heavy atom. The number of hydrogen-bond acceptors (Lipinski definition) is 4. The van der Waals surface area contributed by atoms with Crippen LogP contribution in [-0.2, 0) is 14.3 Å². The minimum Gasteiger partial charge on any atom is -0.466 e. The van der Waals surface area contributed by atoms with Crippen LogP contribution in [0.3, 0.4) is 0 Å². The fraction of sp³-hybridized carbons (Fsp3) is 0.867. The van der Waals surface area contributed by atoms with Gasteiger partial charge in [0.25, 0.3) is 0 Å². The minimum atomic E-state index is -0.117. The maximum atomic E-state index is 12.5. The molecule has 1 aliphatic carbocycles. The molecule has 0 spiro atoms. The average Bonchev–Trinajstić information content (AvgIpc) is 2.47. The zero-order valence-electron chi connectivity index (χ0n) is 12.3. The first-order valence-corrected chi connectivity index (χ1v) is 7.84. The number of hydrogen-bond donors (Lipinski definition) is 1. The molecule has 2 fully saturated rings. The maximum absolute atomic E-state index is 12.5. The molecule has 20 heavy (non-hydrogen) atoms. The second-order valence-electron chi connectivity index (χ2n) is 5.91. The first kappa shape index (κ1) is 15.3. The van der Waals surface area contributed by atoms with Crippen LogP contribution in [0.2, 0.25) is 0 Å². The van der Waals surface area contributed by atoms with E-state index in [0.29, 0.717) is 32.5 Å². The molecule has 0 radical (unpaired) electrons. The number of nitrogens with two attached hydrogens (primary N) is 1.